The van der Waals surface area contributed by atoms with Gasteiger partial charge in [-0.3, -0.25) is 4.99 Å². The summed E-state index contributed by atoms with van der Waals surface area (Å²) in [7, 11) is 1.80. The first kappa shape index (κ1) is 18.8. The van der Waals surface area contributed by atoms with Crippen LogP contribution in [0.1, 0.15) is 48.8 Å². The fourth-order valence-electron chi connectivity index (χ4n) is 4.42. The van der Waals surface area contributed by atoms with Crippen molar-refractivity contribution in [2.24, 2.45) is 4.99 Å². The van der Waals surface area contributed by atoms with E-state index in [2.05, 4.69) is 21.7 Å². The Kier molecular flexibility index (Phi) is 6.09. The number of ether oxygens (including phenoxy) is 1. The molecule has 1 aromatic rings. The molecule has 6 heteroatoms. The quantitative estimate of drug-likeness (QED) is 0.371. The second-order valence-corrected chi connectivity index (χ2v) is 7.19. The van der Waals surface area contributed by atoms with Crippen molar-refractivity contribution in [3.8, 4) is 5.75 Å². The molecule has 3 unspecified atom stereocenters. The van der Waals surface area contributed by atoms with E-state index in [1.54, 1.807) is 7.05 Å². The van der Waals surface area contributed by atoms with Gasteiger partial charge in [-0.05, 0) is 62.1 Å². The Morgan fingerprint density at radius 3 is 2.84 bits per heavy atom. The minimum Gasteiger partial charge on any atom is -0.508 e. The summed E-state index contributed by atoms with van der Waals surface area (Å²) >= 11 is 0. The minimum absolute atomic E-state index is 0. The Labute approximate surface area is 166 Å². The fraction of sp³-hybridized carbons (Fsp3) is 0.632. The van der Waals surface area contributed by atoms with E-state index in [9.17, 15) is 5.11 Å². The molecule has 138 valence electrons. The zero-order chi connectivity index (χ0) is 16.5. The van der Waals surface area contributed by atoms with Crippen molar-refractivity contribution in [1.29, 1.82) is 0 Å². The molecule has 5 nitrogen and oxygen atoms in total. The SMILES string of the molecule is CN=C(NCc1c(O)ccc2c1CCCC2)NC1CC2CCC1O2.I. The largest absolute Gasteiger partial charge is 0.508 e. The lowest BCUT2D eigenvalue weighted by atomic mass is 9.88. The third kappa shape index (κ3) is 3.89. The molecule has 1 aliphatic carbocycles. The van der Waals surface area contributed by atoms with Crippen LogP contribution >= 0.6 is 24.0 Å². The first-order chi connectivity index (χ1) is 11.7. The van der Waals surface area contributed by atoms with E-state index >= 15 is 0 Å². The minimum atomic E-state index is 0. The van der Waals surface area contributed by atoms with Crippen LogP contribution in [0.25, 0.3) is 0 Å². The molecule has 2 bridgehead atoms. The van der Waals surface area contributed by atoms with Crippen LogP contribution in [-0.2, 0) is 24.1 Å². The molecule has 0 aromatic heterocycles. The van der Waals surface area contributed by atoms with Crippen molar-refractivity contribution < 1.29 is 9.84 Å². The number of phenolic OH excluding ortho intramolecular Hbond substituents is 1. The molecule has 3 aliphatic rings. The summed E-state index contributed by atoms with van der Waals surface area (Å²) < 4.78 is 5.90. The molecule has 0 radical (unpaired) electrons. The molecule has 0 saturated carbocycles. The second kappa shape index (κ2) is 8.12. The van der Waals surface area contributed by atoms with Crippen LogP contribution in [0, 0.1) is 0 Å². The van der Waals surface area contributed by atoms with Gasteiger partial charge in [-0.15, -0.1) is 24.0 Å². The number of hydrogen-bond donors (Lipinski definition) is 3. The molecule has 4 rings (SSSR count). The average Bonchev–Trinajstić information content (AvgIpc) is 3.22. The van der Waals surface area contributed by atoms with Gasteiger partial charge in [-0.2, -0.15) is 0 Å². The molecule has 25 heavy (non-hydrogen) atoms. The number of aromatic hydroxyl groups is 1. The summed E-state index contributed by atoms with van der Waals surface area (Å²) in [6, 6.07) is 4.27. The number of phenols is 1. The van der Waals surface area contributed by atoms with Crippen molar-refractivity contribution in [1.82, 2.24) is 10.6 Å². The van der Waals surface area contributed by atoms with Gasteiger partial charge >= 0.3 is 0 Å². The lowest BCUT2D eigenvalue weighted by Gasteiger charge is -2.24. The number of aryl methyl sites for hydroxylation is 1. The van der Waals surface area contributed by atoms with Gasteiger partial charge in [0.15, 0.2) is 5.96 Å². The van der Waals surface area contributed by atoms with E-state index in [0.29, 0.717) is 30.5 Å². The maximum absolute atomic E-state index is 10.3. The summed E-state index contributed by atoms with van der Waals surface area (Å²) in [5.74, 6) is 1.19. The first-order valence-corrected chi connectivity index (χ1v) is 9.20. The van der Waals surface area contributed by atoms with Gasteiger partial charge in [-0.25, -0.2) is 0 Å². The van der Waals surface area contributed by atoms with Crippen molar-refractivity contribution in [2.45, 2.75) is 69.7 Å². The van der Waals surface area contributed by atoms with Crippen LogP contribution in [0.4, 0.5) is 0 Å². The Morgan fingerprint density at radius 2 is 2.12 bits per heavy atom. The first-order valence-electron chi connectivity index (χ1n) is 9.20. The number of benzene rings is 1. The van der Waals surface area contributed by atoms with Gasteiger partial charge in [0.05, 0.1) is 18.2 Å². The van der Waals surface area contributed by atoms with E-state index in [1.807, 2.05) is 6.07 Å². The number of halogens is 1. The Balaban J connectivity index is 0.00000182. The van der Waals surface area contributed by atoms with Crippen LogP contribution in [-0.4, -0.2) is 36.4 Å². The summed E-state index contributed by atoms with van der Waals surface area (Å²) in [4.78, 5) is 4.35. The van der Waals surface area contributed by atoms with Crippen molar-refractivity contribution in [3.05, 3.63) is 28.8 Å². The molecule has 1 aromatic carbocycles. The lowest BCUT2D eigenvalue weighted by molar-refractivity contribution is 0.0992. The number of guanidine groups is 1. The van der Waals surface area contributed by atoms with Gasteiger partial charge in [-0.1, -0.05) is 6.07 Å². The highest BCUT2D eigenvalue weighted by Crippen LogP contribution is 2.34. The zero-order valence-electron chi connectivity index (χ0n) is 14.8. The van der Waals surface area contributed by atoms with Crippen LogP contribution in [0.3, 0.4) is 0 Å². The van der Waals surface area contributed by atoms with Gasteiger partial charge in [0.25, 0.3) is 0 Å². The van der Waals surface area contributed by atoms with Crippen molar-refractivity contribution in [3.63, 3.8) is 0 Å². The summed E-state index contributed by atoms with van der Waals surface area (Å²) in [5, 5.41) is 17.2. The summed E-state index contributed by atoms with van der Waals surface area (Å²) in [6.07, 6.45) is 8.80. The number of fused-ring (bicyclic) bond motifs is 3. The molecule has 3 atom stereocenters. The Hall–Kier alpha value is -1.02. The highest BCUT2D eigenvalue weighted by molar-refractivity contribution is 14.0. The normalized spacial score (nSPS) is 27.6. The third-order valence-corrected chi connectivity index (χ3v) is 5.71. The van der Waals surface area contributed by atoms with E-state index in [4.69, 9.17) is 4.74 Å². The van der Waals surface area contributed by atoms with Crippen LogP contribution in [0.2, 0.25) is 0 Å². The van der Waals surface area contributed by atoms with Crippen LogP contribution in [0.15, 0.2) is 17.1 Å². The van der Waals surface area contributed by atoms with E-state index in [-0.39, 0.29) is 24.0 Å². The average molecular weight is 457 g/mol. The van der Waals surface area contributed by atoms with E-state index < -0.39 is 0 Å². The van der Waals surface area contributed by atoms with Gasteiger partial charge in [0.1, 0.15) is 5.75 Å². The number of aliphatic imine (C=N–C) groups is 1. The van der Waals surface area contributed by atoms with Gasteiger partial charge < -0.3 is 20.5 Å². The molecule has 3 N–H and O–H groups in total. The second-order valence-electron chi connectivity index (χ2n) is 7.19. The van der Waals surface area contributed by atoms with E-state index in [1.165, 1.54) is 30.4 Å². The molecular formula is C19H28IN3O2. The molecular weight excluding hydrogens is 429 g/mol. The standard InChI is InChI=1S/C19H27N3O2.HI/c1-20-19(22-16-10-13-7-9-18(16)24-13)21-11-15-14-5-3-2-4-12(14)6-8-17(15)23;/h6,8,13,16,18,23H,2-5,7,9-11H2,1H3,(H2,20,21,22);1H. The van der Waals surface area contributed by atoms with Gasteiger partial charge in [0, 0.05) is 19.2 Å². The van der Waals surface area contributed by atoms with Crippen LogP contribution in [0.5, 0.6) is 5.75 Å². The highest BCUT2D eigenvalue weighted by atomic mass is 127. The molecule has 2 fully saturated rings. The molecule has 2 heterocycles. The predicted molar refractivity (Wildman–Crippen MR) is 110 cm³/mol. The fourth-order valence-corrected chi connectivity index (χ4v) is 4.42. The van der Waals surface area contributed by atoms with E-state index in [0.717, 1.165) is 37.2 Å². The summed E-state index contributed by atoms with van der Waals surface area (Å²) in [6.45, 7) is 0.607. The van der Waals surface area contributed by atoms with Gasteiger partial charge in [0.2, 0.25) is 0 Å². The van der Waals surface area contributed by atoms with Crippen LogP contribution < -0.4 is 10.6 Å². The van der Waals surface area contributed by atoms with Crippen molar-refractivity contribution in [2.75, 3.05) is 7.05 Å². The number of rotatable bonds is 3. The Bertz CT molecular complexity index is 650. The molecule has 2 saturated heterocycles. The highest BCUT2D eigenvalue weighted by Gasteiger charge is 2.41. The number of nitrogens with one attached hydrogen (secondary N) is 2. The monoisotopic (exact) mass is 457 g/mol. The lowest BCUT2D eigenvalue weighted by Crippen LogP contribution is -2.47. The zero-order valence-corrected chi connectivity index (χ0v) is 17.1. The molecule has 0 spiro atoms. The number of nitrogens with zero attached hydrogens (tertiary/aromatic N) is 1. The maximum Gasteiger partial charge on any atom is 0.191 e. The number of hydrogen-bond acceptors (Lipinski definition) is 3. The molecule has 0 amide bonds. The predicted octanol–water partition coefficient (Wildman–Crippen LogP) is 2.87. The summed E-state index contributed by atoms with van der Waals surface area (Å²) in [5.41, 5.74) is 3.74. The van der Waals surface area contributed by atoms with Crippen molar-refractivity contribution >= 4 is 29.9 Å². The topological polar surface area (TPSA) is 65.9 Å². The Morgan fingerprint density at radius 1 is 1.28 bits per heavy atom. The smallest absolute Gasteiger partial charge is 0.191 e. The third-order valence-electron chi connectivity index (χ3n) is 5.71. The maximum atomic E-state index is 10.3. The molecule has 2 aliphatic heterocycles.